The highest BCUT2D eigenvalue weighted by atomic mass is 79.9. The summed E-state index contributed by atoms with van der Waals surface area (Å²) in [6, 6.07) is 5.92. The van der Waals surface area contributed by atoms with E-state index in [1.54, 1.807) is 7.11 Å². The molecular formula is C15H20BrNO3. The third kappa shape index (κ3) is 3.96. The predicted octanol–water partition coefficient (Wildman–Crippen LogP) is 2.64. The first-order chi connectivity index (χ1) is 9.60. The lowest BCUT2D eigenvalue weighted by Crippen LogP contribution is -2.44. The van der Waals surface area contributed by atoms with Crippen LogP contribution < -0.4 is 4.74 Å². The van der Waals surface area contributed by atoms with E-state index in [9.17, 15) is 4.79 Å². The van der Waals surface area contributed by atoms with Crippen LogP contribution in [0, 0.1) is 0 Å². The molecule has 1 amide bonds. The molecule has 1 heterocycles. The zero-order valence-corrected chi connectivity index (χ0v) is 13.5. The van der Waals surface area contributed by atoms with Gasteiger partial charge in [0, 0.05) is 19.5 Å². The standard InChI is InChI=1S/C15H20BrNO3/c1-11-10-17(7-8-20-11)15(18)6-4-12-3-5-14(19-2)13(16)9-12/h3,5,9,11H,4,6-8,10H2,1-2H3. The molecule has 0 bridgehead atoms. The first-order valence-electron chi connectivity index (χ1n) is 6.82. The molecule has 1 unspecified atom stereocenters. The molecule has 20 heavy (non-hydrogen) atoms. The number of aryl methyl sites for hydroxylation is 1. The smallest absolute Gasteiger partial charge is 0.223 e. The number of rotatable bonds is 4. The van der Waals surface area contributed by atoms with Crippen LogP contribution in [-0.2, 0) is 16.0 Å². The van der Waals surface area contributed by atoms with E-state index in [4.69, 9.17) is 9.47 Å². The molecule has 0 spiro atoms. The van der Waals surface area contributed by atoms with Gasteiger partial charge in [-0.25, -0.2) is 0 Å². The zero-order chi connectivity index (χ0) is 14.5. The molecular weight excluding hydrogens is 322 g/mol. The Bertz CT molecular complexity index is 478. The van der Waals surface area contributed by atoms with Crippen molar-refractivity contribution in [2.75, 3.05) is 26.8 Å². The number of hydrogen-bond donors (Lipinski definition) is 0. The third-order valence-corrected chi connectivity index (χ3v) is 4.06. The van der Waals surface area contributed by atoms with Crippen molar-refractivity contribution in [1.82, 2.24) is 4.90 Å². The van der Waals surface area contributed by atoms with E-state index in [0.717, 1.165) is 22.2 Å². The summed E-state index contributed by atoms with van der Waals surface area (Å²) >= 11 is 3.46. The highest BCUT2D eigenvalue weighted by Gasteiger charge is 2.20. The van der Waals surface area contributed by atoms with Crippen LogP contribution in [0.1, 0.15) is 18.9 Å². The number of methoxy groups -OCH3 is 1. The van der Waals surface area contributed by atoms with Crippen molar-refractivity contribution in [2.24, 2.45) is 0 Å². The summed E-state index contributed by atoms with van der Waals surface area (Å²) in [7, 11) is 1.64. The average molecular weight is 342 g/mol. The number of ether oxygens (including phenoxy) is 2. The van der Waals surface area contributed by atoms with Crippen LogP contribution >= 0.6 is 15.9 Å². The van der Waals surface area contributed by atoms with Crippen LogP contribution in [0.2, 0.25) is 0 Å². The highest BCUT2D eigenvalue weighted by Crippen LogP contribution is 2.26. The topological polar surface area (TPSA) is 38.8 Å². The molecule has 0 radical (unpaired) electrons. The second-order valence-electron chi connectivity index (χ2n) is 4.99. The van der Waals surface area contributed by atoms with Crippen molar-refractivity contribution in [1.29, 1.82) is 0 Å². The molecule has 1 saturated heterocycles. The monoisotopic (exact) mass is 341 g/mol. The van der Waals surface area contributed by atoms with E-state index >= 15 is 0 Å². The number of morpholine rings is 1. The molecule has 1 aliphatic heterocycles. The summed E-state index contributed by atoms with van der Waals surface area (Å²) in [4.78, 5) is 14.1. The molecule has 0 N–H and O–H groups in total. The van der Waals surface area contributed by atoms with E-state index in [-0.39, 0.29) is 12.0 Å². The normalized spacial score (nSPS) is 18.9. The summed E-state index contributed by atoms with van der Waals surface area (Å²) in [6.45, 7) is 4.04. The lowest BCUT2D eigenvalue weighted by Gasteiger charge is -2.31. The summed E-state index contributed by atoms with van der Waals surface area (Å²) in [5, 5.41) is 0. The second-order valence-corrected chi connectivity index (χ2v) is 5.84. The molecule has 1 aromatic rings. The predicted molar refractivity (Wildman–Crippen MR) is 81.0 cm³/mol. The number of halogens is 1. The van der Waals surface area contributed by atoms with Crippen LogP contribution in [0.15, 0.2) is 22.7 Å². The number of carbonyl (C=O) groups is 1. The van der Waals surface area contributed by atoms with E-state index in [0.29, 0.717) is 26.1 Å². The van der Waals surface area contributed by atoms with Crippen LogP contribution in [0.25, 0.3) is 0 Å². The molecule has 5 heteroatoms. The molecule has 0 aromatic heterocycles. The molecule has 0 aliphatic carbocycles. The van der Waals surface area contributed by atoms with E-state index in [1.165, 1.54) is 0 Å². The fourth-order valence-corrected chi connectivity index (χ4v) is 2.91. The van der Waals surface area contributed by atoms with Gasteiger partial charge in [-0.15, -0.1) is 0 Å². The van der Waals surface area contributed by atoms with Crippen molar-refractivity contribution in [3.8, 4) is 5.75 Å². The van der Waals surface area contributed by atoms with Crippen LogP contribution in [0.3, 0.4) is 0 Å². The molecule has 4 nitrogen and oxygen atoms in total. The average Bonchev–Trinajstić information content (AvgIpc) is 2.45. The lowest BCUT2D eigenvalue weighted by atomic mass is 10.1. The molecule has 1 atom stereocenters. The van der Waals surface area contributed by atoms with Gasteiger partial charge in [-0.3, -0.25) is 4.79 Å². The van der Waals surface area contributed by atoms with Crippen LogP contribution in [-0.4, -0.2) is 43.7 Å². The van der Waals surface area contributed by atoms with Gasteiger partial charge in [0.2, 0.25) is 5.91 Å². The molecule has 1 fully saturated rings. The first-order valence-corrected chi connectivity index (χ1v) is 7.61. The largest absolute Gasteiger partial charge is 0.496 e. The SMILES string of the molecule is COc1ccc(CCC(=O)N2CCOC(C)C2)cc1Br. The molecule has 110 valence electrons. The van der Waals surface area contributed by atoms with Crippen molar-refractivity contribution in [2.45, 2.75) is 25.9 Å². The van der Waals surface area contributed by atoms with Gasteiger partial charge >= 0.3 is 0 Å². The third-order valence-electron chi connectivity index (χ3n) is 3.44. The highest BCUT2D eigenvalue weighted by molar-refractivity contribution is 9.10. The van der Waals surface area contributed by atoms with E-state index in [2.05, 4.69) is 15.9 Å². The summed E-state index contributed by atoms with van der Waals surface area (Å²) in [5.74, 6) is 1.01. The van der Waals surface area contributed by atoms with E-state index in [1.807, 2.05) is 30.0 Å². The Labute approximate surface area is 128 Å². The maximum atomic E-state index is 12.2. The van der Waals surface area contributed by atoms with Gasteiger partial charge < -0.3 is 14.4 Å². The summed E-state index contributed by atoms with van der Waals surface area (Å²) in [5.41, 5.74) is 1.13. The summed E-state index contributed by atoms with van der Waals surface area (Å²) in [6.07, 6.45) is 1.42. The number of benzene rings is 1. The summed E-state index contributed by atoms with van der Waals surface area (Å²) < 4.78 is 11.6. The van der Waals surface area contributed by atoms with Crippen LogP contribution in [0.4, 0.5) is 0 Å². The van der Waals surface area contributed by atoms with Crippen molar-refractivity contribution in [3.63, 3.8) is 0 Å². The first kappa shape index (κ1) is 15.3. The Kier molecular flexibility index (Phi) is 5.43. The van der Waals surface area contributed by atoms with Gasteiger partial charge in [0.1, 0.15) is 5.75 Å². The van der Waals surface area contributed by atoms with Crippen molar-refractivity contribution in [3.05, 3.63) is 28.2 Å². The molecule has 0 saturated carbocycles. The lowest BCUT2D eigenvalue weighted by molar-refractivity contribution is -0.138. The number of carbonyl (C=O) groups excluding carboxylic acids is 1. The van der Waals surface area contributed by atoms with Gasteiger partial charge in [0.25, 0.3) is 0 Å². The fraction of sp³-hybridized carbons (Fsp3) is 0.533. The van der Waals surface area contributed by atoms with E-state index < -0.39 is 0 Å². The van der Waals surface area contributed by atoms with Gasteiger partial charge in [0.15, 0.2) is 0 Å². The minimum atomic E-state index is 0.142. The Morgan fingerprint density at radius 1 is 1.55 bits per heavy atom. The second kappa shape index (κ2) is 7.09. The maximum absolute atomic E-state index is 12.2. The molecule has 1 aliphatic rings. The Morgan fingerprint density at radius 2 is 2.35 bits per heavy atom. The number of nitrogens with zero attached hydrogens (tertiary/aromatic N) is 1. The molecule has 1 aromatic carbocycles. The maximum Gasteiger partial charge on any atom is 0.223 e. The van der Waals surface area contributed by atoms with Crippen molar-refractivity contribution >= 4 is 21.8 Å². The Morgan fingerprint density at radius 3 is 3.00 bits per heavy atom. The molecule has 2 rings (SSSR count). The van der Waals surface area contributed by atoms with Gasteiger partial charge in [0.05, 0.1) is 24.3 Å². The number of hydrogen-bond acceptors (Lipinski definition) is 3. The Balaban J connectivity index is 1.88. The van der Waals surface area contributed by atoms with Gasteiger partial charge in [-0.05, 0) is 47.0 Å². The number of amides is 1. The van der Waals surface area contributed by atoms with Crippen LogP contribution in [0.5, 0.6) is 5.75 Å². The minimum Gasteiger partial charge on any atom is -0.496 e. The quantitative estimate of drug-likeness (QED) is 0.844. The minimum absolute atomic E-state index is 0.142. The zero-order valence-electron chi connectivity index (χ0n) is 11.9. The fourth-order valence-electron chi connectivity index (χ4n) is 2.32. The Hall–Kier alpha value is -1.07. The van der Waals surface area contributed by atoms with Crippen molar-refractivity contribution < 1.29 is 14.3 Å². The van der Waals surface area contributed by atoms with Gasteiger partial charge in [-0.2, -0.15) is 0 Å². The van der Waals surface area contributed by atoms with Gasteiger partial charge in [-0.1, -0.05) is 6.07 Å².